The van der Waals surface area contributed by atoms with Crippen LogP contribution in [0, 0.1) is 0 Å². The summed E-state index contributed by atoms with van der Waals surface area (Å²) in [5.41, 5.74) is 0.246. The highest BCUT2D eigenvalue weighted by atomic mass is 16.4. The minimum absolute atomic E-state index is 0.246. The summed E-state index contributed by atoms with van der Waals surface area (Å²) in [6, 6.07) is 7.49. The number of fused-ring (bicyclic) bond motifs is 1. The Kier molecular flexibility index (Phi) is 4.01. The van der Waals surface area contributed by atoms with Crippen molar-refractivity contribution in [2.24, 2.45) is 0 Å². The molecule has 1 saturated heterocycles. The number of hydrogen-bond acceptors (Lipinski definition) is 4. The van der Waals surface area contributed by atoms with Crippen molar-refractivity contribution in [2.75, 3.05) is 31.5 Å². The number of nitrogens with one attached hydrogen (secondary N) is 1. The molecule has 0 atom stereocenters. The van der Waals surface area contributed by atoms with E-state index in [1.807, 2.05) is 24.3 Å². The van der Waals surface area contributed by atoms with Crippen molar-refractivity contribution < 1.29 is 9.90 Å². The van der Waals surface area contributed by atoms with Crippen molar-refractivity contribution in [1.29, 1.82) is 0 Å². The molecule has 2 aromatic rings. The summed E-state index contributed by atoms with van der Waals surface area (Å²) < 4.78 is 0. The topological polar surface area (TPSA) is 65.5 Å². The molecule has 3 rings (SSSR count). The number of aromatic carboxylic acids is 1. The number of rotatable bonds is 5. The largest absolute Gasteiger partial charge is 0.478 e. The fourth-order valence-electron chi connectivity index (χ4n) is 2.84. The lowest BCUT2D eigenvalue weighted by atomic mass is 10.1. The predicted molar refractivity (Wildman–Crippen MR) is 82.9 cm³/mol. The summed E-state index contributed by atoms with van der Waals surface area (Å²) in [4.78, 5) is 18.0. The average Bonchev–Trinajstić information content (AvgIpc) is 3.00. The second-order valence-corrected chi connectivity index (χ2v) is 5.35. The molecule has 5 heteroatoms. The number of nitrogens with zero attached hydrogens (tertiary/aromatic N) is 2. The molecule has 1 aliphatic heterocycles. The zero-order valence-electron chi connectivity index (χ0n) is 11.9. The van der Waals surface area contributed by atoms with E-state index >= 15 is 0 Å². The molecule has 1 aliphatic rings. The minimum atomic E-state index is -0.942. The van der Waals surface area contributed by atoms with E-state index in [2.05, 4.69) is 15.2 Å². The van der Waals surface area contributed by atoms with Gasteiger partial charge in [0.15, 0.2) is 0 Å². The van der Waals surface area contributed by atoms with Crippen molar-refractivity contribution in [2.45, 2.75) is 12.8 Å². The van der Waals surface area contributed by atoms with Crippen LogP contribution in [0.25, 0.3) is 10.8 Å². The predicted octanol–water partition coefficient (Wildman–Crippen LogP) is 2.44. The molecular weight excluding hydrogens is 266 g/mol. The second kappa shape index (κ2) is 6.10. The molecule has 0 radical (unpaired) electrons. The van der Waals surface area contributed by atoms with E-state index < -0.39 is 5.97 Å². The van der Waals surface area contributed by atoms with E-state index in [0.717, 1.165) is 29.7 Å². The van der Waals surface area contributed by atoms with Crippen LogP contribution in [-0.2, 0) is 0 Å². The van der Waals surface area contributed by atoms with Gasteiger partial charge in [0.1, 0.15) is 5.82 Å². The van der Waals surface area contributed by atoms with Gasteiger partial charge in [0.05, 0.1) is 5.56 Å². The van der Waals surface area contributed by atoms with Gasteiger partial charge in [-0.25, -0.2) is 9.78 Å². The van der Waals surface area contributed by atoms with E-state index in [0.29, 0.717) is 0 Å². The molecule has 0 spiro atoms. The number of hydrogen-bond donors (Lipinski definition) is 2. The highest BCUT2D eigenvalue weighted by Gasteiger charge is 2.13. The minimum Gasteiger partial charge on any atom is -0.478 e. The summed E-state index contributed by atoms with van der Waals surface area (Å²) in [5, 5.41) is 14.1. The van der Waals surface area contributed by atoms with Gasteiger partial charge in [0.25, 0.3) is 0 Å². The summed E-state index contributed by atoms with van der Waals surface area (Å²) >= 11 is 0. The Hall–Kier alpha value is -2.14. The Morgan fingerprint density at radius 2 is 1.95 bits per heavy atom. The van der Waals surface area contributed by atoms with Crippen molar-refractivity contribution >= 4 is 22.6 Å². The van der Waals surface area contributed by atoms with E-state index in [4.69, 9.17) is 0 Å². The number of anilines is 1. The molecule has 0 saturated carbocycles. The molecule has 2 N–H and O–H groups in total. The van der Waals surface area contributed by atoms with Crippen LogP contribution < -0.4 is 5.32 Å². The molecule has 0 bridgehead atoms. The number of pyridine rings is 1. The molecule has 2 heterocycles. The molecule has 0 amide bonds. The molecule has 1 aromatic heterocycles. The van der Waals surface area contributed by atoms with Gasteiger partial charge in [-0.05, 0) is 25.9 Å². The molecule has 1 fully saturated rings. The molecule has 5 nitrogen and oxygen atoms in total. The van der Waals surface area contributed by atoms with Gasteiger partial charge in [-0.2, -0.15) is 0 Å². The summed E-state index contributed by atoms with van der Waals surface area (Å²) in [6.45, 7) is 4.17. The Morgan fingerprint density at radius 1 is 1.24 bits per heavy atom. The quantitative estimate of drug-likeness (QED) is 0.883. The standard InChI is InChI=1S/C16H19N3O2/c20-16(21)14-11-18-15(13-6-2-1-5-12(13)14)17-7-10-19-8-3-4-9-19/h1-2,5-6,11H,3-4,7-10H2,(H,17,18)(H,20,21). The van der Waals surface area contributed by atoms with E-state index in [1.165, 1.54) is 32.1 Å². The second-order valence-electron chi connectivity index (χ2n) is 5.35. The van der Waals surface area contributed by atoms with Crippen LogP contribution in [0.4, 0.5) is 5.82 Å². The molecule has 0 unspecified atom stereocenters. The third-order valence-corrected chi connectivity index (χ3v) is 3.94. The van der Waals surface area contributed by atoms with Gasteiger partial charge in [0.2, 0.25) is 0 Å². The molecule has 110 valence electrons. The van der Waals surface area contributed by atoms with E-state index in [9.17, 15) is 9.90 Å². The van der Waals surface area contributed by atoms with Crippen LogP contribution >= 0.6 is 0 Å². The van der Waals surface area contributed by atoms with Crippen LogP contribution in [0.1, 0.15) is 23.2 Å². The van der Waals surface area contributed by atoms with Crippen LogP contribution in [-0.4, -0.2) is 47.1 Å². The number of carbonyl (C=O) groups is 1. The van der Waals surface area contributed by atoms with Gasteiger partial charge >= 0.3 is 5.97 Å². The van der Waals surface area contributed by atoms with Gasteiger partial charge < -0.3 is 15.3 Å². The molecule has 0 aliphatic carbocycles. The smallest absolute Gasteiger partial charge is 0.337 e. The Bertz CT molecular complexity index is 651. The lowest BCUT2D eigenvalue weighted by Gasteiger charge is -2.16. The van der Waals surface area contributed by atoms with Crippen LogP contribution in [0.5, 0.6) is 0 Å². The fraction of sp³-hybridized carbons (Fsp3) is 0.375. The third-order valence-electron chi connectivity index (χ3n) is 3.94. The zero-order valence-corrected chi connectivity index (χ0v) is 11.9. The number of benzene rings is 1. The molecular formula is C16H19N3O2. The Labute approximate surface area is 123 Å². The number of aromatic nitrogens is 1. The zero-order chi connectivity index (χ0) is 14.7. The lowest BCUT2D eigenvalue weighted by molar-refractivity contribution is 0.0698. The summed E-state index contributed by atoms with van der Waals surface area (Å²) in [6.07, 6.45) is 4.01. The Balaban J connectivity index is 1.79. The van der Waals surface area contributed by atoms with E-state index in [-0.39, 0.29) is 5.56 Å². The summed E-state index contributed by atoms with van der Waals surface area (Å²) in [7, 11) is 0. The van der Waals surface area contributed by atoms with Crippen molar-refractivity contribution in [3.63, 3.8) is 0 Å². The first-order valence-electron chi connectivity index (χ1n) is 7.33. The van der Waals surface area contributed by atoms with Gasteiger partial charge in [-0.15, -0.1) is 0 Å². The van der Waals surface area contributed by atoms with Gasteiger partial charge in [-0.3, -0.25) is 0 Å². The third kappa shape index (κ3) is 2.97. The van der Waals surface area contributed by atoms with Crippen LogP contribution in [0.2, 0.25) is 0 Å². The molecule has 1 aromatic carbocycles. The lowest BCUT2D eigenvalue weighted by Crippen LogP contribution is -2.26. The maximum Gasteiger partial charge on any atom is 0.337 e. The first-order valence-corrected chi connectivity index (χ1v) is 7.33. The Morgan fingerprint density at radius 3 is 2.67 bits per heavy atom. The normalized spacial score (nSPS) is 15.4. The number of carboxylic acid groups (broad SMARTS) is 1. The van der Waals surface area contributed by atoms with Crippen molar-refractivity contribution in [3.05, 3.63) is 36.0 Å². The van der Waals surface area contributed by atoms with Crippen LogP contribution in [0.15, 0.2) is 30.5 Å². The first kappa shape index (κ1) is 13.8. The molecule has 21 heavy (non-hydrogen) atoms. The average molecular weight is 285 g/mol. The van der Waals surface area contributed by atoms with Gasteiger partial charge in [0, 0.05) is 30.1 Å². The first-order chi connectivity index (χ1) is 10.3. The van der Waals surface area contributed by atoms with Crippen LogP contribution in [0.3, 0.4) is 0 Å². The highest BCUT2D eigenvalue weighted by molar-refractivity contribution is 6.06. The SMILES string of the molecule is O=C(O)c1cnc(NCCN2CCCC2)c2ccccc12. The summed E-state index contributed by atoms with van der Waals surface area (Å²) in [5.74, 6) is -0.183. The van der Waals surface area contributed by atoms with Gasteiger partial charge in [-0.1, -0.05) is 24.3 Å². The number of likely N-dealkylation sites (tertiary alicyclic amines) is 1. The van der Waals surface area contributed by atoms with E-state index in [1.54, 1.807) is 0 Å². The number of carboxylic acids is 1. The monoisotopic (exact) mass is 285 g/mol. The van der Waals surface area contributed by atoms with Crippen molar-refractivity contribution in [1.82, 2.24) is 9.88 Å². The highest BCUT2D eigenvalue weighted by Crippen LogP contribution is 2.24. The maximum absolute atomic E-state index is 11.2. The fourth-order valence-corrected chi connectivity index (χ4v) is 2.84. The van der Waals surface area contributed by atoms with Crippen molar-refractivity contribution in [3.8, 4) is 0 Å². The maximum atomic E-state index is 11.2.